The third kappa shape index (κ3) is 1.46. The molecule has 0 unspecified atom stereocenters. The minimum atomic E-state index is -0.563. The summed E-state index contributed by atoms with van der Waals surface area (Å²) in [5.74, 6) is 0.682. The van der Waals surface area contributed by atoms with Crippen molar-refractivity contribution in [3.63, 3.8) is 0 Å². The Hall–Kier alpha value is -2.63. The van der Waals surface area contributed by atoms with E-state index in [-0.39, 0.29) is 5.88 Å². The number of fused-ring (bicyclic) bond motifs is 1. The summed E-state index contributed by atoms with van der Waals surface area (Å²) in [6, 6.07) is 10.5. The number of aromatic nitrogens is 2. The van der Waals surface area contributed by atoms with Gasteiger partial charge in [-0.25, -0.2) is 4.98 Å². The van der Waals surface area contributed by atoms with E-state index in [2.05, 4.69) is 4.98 Å². The van der Waals surface area contributed by atoms with Crippen LogP contribution in [0.1, 0.15) is 0 Å². The molecule has 0 saturated heterocycles. The van der Waals surface area contributed by atoms with Crippen LogP contribution < -0.4 is 0 Å². The molecule has 2 aromatic heterocycles. The molecule has 0 atom stereocenters. The molecule has 0 amide bonds. The number of furan rings is 1. The van der Waals surface area contributed by atoms with Gasteiger partial charge in [-0.1, -0.05) is 12.1 Å². The molecule has 90 valence electrons. The Morgan fingerprint density at radius 1 is 1.28 bits per heavy atom. The molecule has 1 aromatic carbocycles. The molecule has 0 aliphatic heterocycles. The zero-order chi connectivity index (χ0) is 12.7. The molecular formula is C12H9N3O3. The second kappa shape index (κ2) is 3.69. The molecule has 3 rings (SSSR count). The standard InChI is InChI=1S/C12H9N3O3/c1-14-9-5-3-2-4-8(9)13-12(14)10-6-7-11(18-10)15(16)17/h2-7H,1H3. The smallest absolute Gasteiger partial charge is 0.397 e. The van der Waals surface area contributed by atoms with E-state index in [1.807, 2.05) is 35.9 Å². The number of nitro groups is 1. The van der Waals surface area contributed by atoms with Crippen LogP contribution in [0, 0.1) is 10.1 Å². The number of para-hydroxylation sites is 2. The maximum atomic E-state index is 10.6. The molecule has 0 radical (unpaired) electrons. The third-order valence-electron chi connectivity index (χ3n) is 2.78. The highest BCUT2D eigenvalue weighted by molar-refractivity contribution is 5.79. The van der Waals surface area contributed by atoms with E-state index in [4.69, 9.17) is 4.42 Å². The fourth-order valence-electron chi connectivity index (χ4n) is 1.91. The summed E-state index contributed by atoms with van der Waals surface area (Å²) in [5.41, 5.74) is 1.78. The van der Waals surface area contributed by atoms with Crippen LogP contribution in [0.2, 0.25) is 0 Å². The van der Waals surface area contributed by atoms with Crippen molar-refractivity contribution in [2.24, 2.45) is 7.05 Å². The van der Waals surface area contributed by atoms with E-state index in [1.165, 1.54) is 6.07 Å². The molecule has 0 N–H and O–H groups in total. The van der Waals surface area contributed by atoms with Crippen molar-refractivity contribution in [3.8, 4) is 11.6 Å². The average molecular weight is 243 g/mol. The monoisotopic (exact) mass is 243 g/mol. The van der Waals surface area contributed by atoms with Crippen LogP contribution in [0.3, 0.4) is 0 Å². The zero-order valence-electron chi connectivity index (χ0n) is 9.53. The lowest BCUT2D eigenvalue weighted by Crippen LogP contribution is -1.90. The Morgan fingerprint density at radius 2 is 2.06 bits per heavy atom. The lowest BCUT2D eigenvalue weighted by Gasteiger charge is -1.97. The van der Waals surface area contributed by atoms with Crippen molar-refractivity contribution in [2.45, 2.75) is 0 Å². The minimum Gasteiger partial charge on any atom is -0.397 e. The summed E-state index contributed by atoms with van der Waals surface area (Å²) < 4.78 is 7.00. The Kier molecular flexibility index (Phi) is 2.16. The van der Waals surface area contributed by atoms with Crippen LogP contribution >= 0.6 is 0 Å². The molecule has 0 aliphatic rings. The van der Waals surface area contributed by atoms with Crippen molar-refractivity contribution in [1.82, 2.24) is 9.55 Å². The number of aryl methyl sites for hydroxylation is 1. The van der Waals surface area contributed by atoms with E-state index in [1.54, 1.807) is 6.07 Å². The largest absolute Gasteiger partial charge is 0.433 e. The van der Waals surface area contributed by atoms with Gasteiger partial charge in [0.25, 0.3) is 0 Å². The maximum Gasteiger partial charge on any atom is 0.433 e. The highest BCUT2D eigenvalue weighted by Crippen LogP contribution is 2.27. The van der Waals surface area contributed by atoms with Crippen LogP contribution in [0.25, 0.3) is 22.6 Å². The normalized spacial score (nSPS) is 10.9. The first-order chi connectivity index (χ1) is 8.66. The summed E-state index contributed by atoms with van der Waals surface area (Å²) in [4.78, 5) is 14.4. The Labute approximate surface area is 102 Å². The van der Waals surface area contributed by atoms with Gasteiger partial charge in [-0.05, 0) is 18.2 Å². The molecule has 0 fully saturated rings. The van der Waals surface area contributed by atoms with Crippen LogP contribution in [-0.4, -0.2) is 14.5 Å². The van der Waals surface area contributed by atoms with E-state index in [9.17, 15) is 10.1 Å². The first-order valence-electron chi connectivity index (χ1n) is 5.33. The first-order valence-corrected chi connectivity index (χ1v) is 5.33. The number of nitrogens with zero attached hydrogens (tertiary/aromatic N) is 3. The van der Waals surface area contributed by atoms with Crippen LogP contribution in [-0.2, 0) is 7.05 Å². The van der Waals surface area contributed by atoms with Crippen molar-refractivity contribution in [3.05, 3.63) is 46.5 Å². The van der Waals surface area contributed by atoms with Gasteiger partial charge in [0, 0.05) is 7.05 Å². The predicted molar refractivity (Wildman–Crippen MR) is 65.1 cm³/mol. The Balaban J connectivity index is 2.18. The van der Waals surface area contributed by atoms with Crippen molar-refractivity contribution in [2.75, 3.05) is 0 Å². The second-order valence-electron chi connectivity index (χ2n) is 3.88. The van der Waals surface area contributed by atoms with Gasteiger partial charge in [-0.15, -0.1) is 0 Å². The lowest BCUT2D eigenvalue weighted by molar-refractivity contribution is -0.401. The van der Waals surface area contributed by atoms with Crippen LogP contribution in [0.4, 0.5) is 5.88 Å². The average Bonchev–Trinajstić information content (AvgIpc) is 2.95. The molecule has 0 saturated carbocycles. The van der Waals surface area contributed by atoms with E-state index < -0.39 is 4.92 Å². The molecule has 3 aromatic rings. The van der Waals surface area contributed by atoms with Crippen molar-refractivity contribution in [1.29, 1.82) is 0 Å². The quantitative estimate of drug-likeness (QED) is 0.512. The summed E-state index contributed by atoms with van der Waals surface area (Å²) in [7, 11) is 1.85. The summed E-state index contributed by atoms with van der Waals surface area (Å²) in [5, 5.41) is 10.6. The maximum absolute atomic E-state index is 10.6. The number of imidazole rings is 1. The van der Waals surface area contributed by atoms with Crippen molar-refractivity contribution >= 4 is 16.9 Å². The Bertz CT molecular complexity index is 742. The second-order valence-corrected chi connectivity index (χ2v) is 3.88. The van der Waals surface area contributed by atoms with E-state index in [0.29, 0.717) is 11.6 Å². The highest BCUT2D eigenvalue weighted by atomic mass is 16.6. The minimum absolute atomic E-state index is 0.281. The van der Waals surface area contributed by atoms with E-state index >= 15 is 0 Å². The molecule has 2 heterocycles. The van der Waals surface area contributed by atoms with Gasteiger partial charge in [0.15, 0.2) is 11.6 Å². The summed E-state index contributed by atoms with van der Waals surface area (Å²) >= 11 is 0. The van der Waals surface area contributed by atoms with Crippen LogP contribution in [0.5, 0.6) is 0 Å². The molecular weight excluding hydrogens is 234 g/mol. The Morgan fingerprint density at radius 3 is 2.72 bits per heavy atom. The molecule has 0 spiro atoms. The van der Waals surface area contributed by atoms with Gasteiger partial charge in [0.05, 0.1) is 17.1 Å². The zero-order valence-corrected chi connectivity index (χ0v) is 9.53. The third-order valence-corrected chi connectivity index (χ3v) is 2.78. The SMILES string of the molecule is Cn1c(-c2ccc([N+](=O)[O-])o2)nc2ccccc21. The van der Waals surface area contributed by atoms with Gasteiger partial charge in [0.1, 0.15) is 4.92 Å². The molecule has 18 heavy (non-hydrogen) atoms. The number of hydrogen-bond acceptors (Lipinski definition) is 4. The number of hydrogen-bond donors (Lipinski definition) is 0. The van der Waals surface area contributed by atoms with Gasteiger partial charge in [-0.2, -0.15) is 0 Å². The van der Waals surface area contributed by atoms with Gasteiger partial charge >= 0.3 is 5.88 Å². The van der Waals surface area contributed by atoms with Crippen LogP contribution in [0.15, 0.2) is 40.8 Å². The van der Waals surface area contributed by atoms with E-state index in [0.717, 1.165) is 11.0 Å². The lowest BCUT2D eigenvalue weighted by atomic mass is 10.3. The number of benzene rings is 1. The highest BCUT2D eigenvalue weighted by Gasteiger charge is 2.17. The molecule has 0 aliphatic carbocycles. The predicted octanol–water partition coefficient (Wildman–Crippen LogP) is 2.74. The first kappa shape index (κ1) is 10.5. The number of rotatable bonds is 2. The topological polar surface area (TPSA) is 74.1 Å². The van der Waals surface area contributed by atoms with Gasteiger partial charge in [0.2, 0.25) is 0 Å². The summed E-state index contributed by atoms with van der Waals surface area (Å²) in [6.07, 6.45) is 0. The van der Waals surface area contributed by atoms with Crippen molar-refractivity contribution < 1.29 is 9.34 Å². The fraction of sp³-hybridized carbons (Fsp3) is 0.0833. The fourth-order valence-corrected chi connectivity index (χ4v) is 1.91. The summed E-state index contributed by atoms with van der Waals surface area (Å²) in [6.45, 7) is 0. The molecule has 0 bridgehead atoms. The molecule has 6 nitrogen and oxygen atoms in total. The van der Waals surface area contributed by atoms with Gasteiger partial charge < -0.3 is 8.98 Å². The van der Waals surface area contributed by atoms with Gasteiger partial charge in [-0.3, -0.25) is 10.1 Å². The molecule has 6 heteroatoms.